The molecule has 0 saturated carbocycles. The van der Waals surface area contributed by atoms with Crippen LogP contribution in [0.25, 0.3) is 0 Å². The fraction of sp³-hybridized carbons (Fsp3) is 0.133. The van der Waals surface area contributed by atoms with Crippen LogP contribution < -0.4 is 0 Å². The van der Waals surface area contributed by atoms with Crippen LogP contribution in [0.4, 0.5) is 0 Å². The molecule has 0 aromatic heterocycles. The lowest BCUT2D eigenvalue weighted by Crippen LogP contribution is -2.19. The lowest BCUT2D eigenvalue weighted by Gasteiger charge is -2.12. The molecule has 3 rings (SSSR count). The first-order valence-electron chi connectivity index (χ1n) is 5.99. The van der Waals surface area contributed by atoms with E-state index in [1.54, 1.807) is 12.1 Å². The van der Waals surface area contributed by atoms with E-state index in [-0.39, 0.29) is 0 Å². The molecule has 1 heterocycles. The smallest absolute Gasteiger partial charge is 0.363 e. The summed E-state index contributed by atoms with van der Waals surface area (Å²) in [5.74, 6) is -1.56. The number of benzene rings is 2. The van der Waals surface area contributed by atoms with Gasteiger partial charge in [-0.2, -0.15) is 0 Å². The molecule has 4 heteroatoms. The predicted octanol–water partition coefficient (Wildman–Crippen LogP) is 3.43. The minimum atomic E-state index is -1.14. The maximum Gasteiger partial charge on any atom is 0.363 e. The molecule has 0 atom stereocenters. The van der Waals surface area contributed by atoms with Crippen LogP contribution in [-0.4, -0.2) is 5.97 Å². The standard InChI is InChI=1S/C15H12N2O2/c1-11-7-9-12(10-8-11)14(18)19-15(16-17-15)13-5-3-2-4-6-13/h2-10H,1H3. The summed E-state index contributed by atoms with van der Waals surface area (Å²) < 4.78 is 5.39. The van der Waals surface area contributed by atoms with Crippen LogP contribution in [0, 0.1) is 6.92 Å². The summed E-state index contributed by atoms with van der Waals surface area (Å²) in [6.07, 6.45) is 0. The van der Waals surface area contributed by atoms with E-state index in [4.69, 9.17) is 4.74 Å². The summed E-state index contributed by atoms with van der Waals surface area (Å²) in [5, 5.41) is 7.74. The van der Waals surface area contributed by atoms with Gasteiger partial charge in [0, 0.05) is 5.56 Å². The fourth-order valence-electron chi connectivity index (χ4n) is 1.79. The number of rotatable bonds is 3. The first-order chi connectivity index (χ1) is 9.20. The average molecular weight is 252 g/mol. The summed E-state index contributed by atoms with van der Waals surface area (Å²) in [6.45, 7) is 1.96. The third-order valence-corrected chi connectivity index (χ3v) is 2.95. The molecule has 0 fully saturated rings. The third-order valence-electron chi connectivity index (χ3n) is 2.95. The highest BCUT2D eigenvalue weighted by Crippen LogP contribution is 2.41. The number of hydrogen-bond donors (Lipinski definition) is 0. The van der Waals surface area contributed by atoms with Gasteiger partial charge in [-0.1, -0.05) is 48.0 Å². The minimum Gasteiger partial charge on any atom is -0.406 e. The summed E-state index contributed by atoms with van der Waals surface area (Å²) in [6, 6.07) is 16.5. The highest BCUT2D eigenvalue weighted by atomic mass is 16.6. The van der Waals surface area contributed by atoms with E-state index in [2.05, 4.69) is 10.2 Å². The van der Waals surface area contributed by atoms with Crippen LogP contribution in [0.5, 0.6) is 0 Å². The molecule has 94 valence electrons. The summed E-state index contributed by atoms with van der Waals surface area (Å²) in [4.78, 5) is 12.0. The number of nitrogens with zero attached hydrogens (tertiary/aromatic N) is 2. The quantitative estimate of drug-likeness (QED) is 0.786. The highest BCUT2D eigenvalue weighted by molar-refractivity contribution is 5.89. The third kappa shape index (κ3) is 2.25. The molecular weight excluding hydrogens is 240 g/mol. The van der Waals surface area contributed by atoms with Gasteiger partial charge in [0.25, 0.3) is 0 Å². The van der Waals surface area contributed by atoms with Gasteiger partial charge in [0.2, 0.25) is 0 Å². The van der Waals surface area contributed by atoms with E-state index in [1.165, 1.54) is 0 Å². The van der Waals surface area contributed by atoms with Crippen molar-refractivity contribution in [3.63, 3.8) is 0 Å². The number of hydrogen-bond acceptors (Lipinski definition) is 4. The Morgan fingerprint density at radius 3 is 2.21 bits per heavy atom. The molecule has 2 aromatic rings. The van der Waals surface area contributed by atoms with Crippen molar-refractivity contribution < 1.29 is 9.53 Å². The summed E-state index contributed by atoms with van der Waals surface area (Å²) in [5.41, 5.74) is 2.35. The Hall–Kier alpha value is -2.49. The van der Waals surface area contributed by atoms with Crippen LogP contribution in [-0.2, 0) is 10.6 Å². The van der Waals surface area contributed by atoms with Crippen LogP contribution in [0.2, 0.25) is 0 Å². The molecule has 0 aliphatic carbocycles. The monoisotopic (exact) mass is 252 g/mol. The van der Waals surface area contributed by atoms with Gasteiger partial charge in [0.15, 0.2) is 0 Å². The van der Waals surface area contributed by atoms with Crippen molar-refractivity contribution in [2.75, 3.05) is 0 Å². The first-order valence-corrected chi connectivity index (χ1v) is 5.99. The Morgan fingerprint density at radius 1 is 1.00 bits per heavy atom. The van der Waals surface area contributed by atoms with Gasteiger partial charge in [-0.05, 0) is 19.1 Å². The molecule has 0 bridgehead atoms. The molecule has 0 spiro atoms. The van der Waals surface area contributed by atoms with Crippen molar-refractivity contribution in [3.05, 3.63) is 71.3 Å². The Bertz CT molecular complexity index is 627. The number of carbonyl (C=O) groups excluding carboxylic acids is 1. The molecule has 0 radical (unpaired) electrons. The maximum atomic E-state index is 12.0. The Kier molecular flexibility index (Phi) is 2.63. The van der Waals surface area contributed by atoms with Crippen LogP contribution in [0.15, 0.2) is 64.8 Å². The van der Waals surface area contributed by atoms with Crippen LogP contribution >= 0.6 is 0 Å². The van der Waals surface area contributed by atoms with Crippen molar-refractivity contribution in [1.82, 2.24) is 0 Å². The molecule has 1 aliphatic heterocycles. The molecule has 1 aliphatic rings. The van der Waals surface area contributed by atoms with E-state index in [9.17, 15) is 4.79 Å². The number of esters is 1. The largest absolute Gasteiger partial charge is 0.406 e. The zero-order chi connectivity index (χ0) is 13.3. The van der Waals surface area contributed by atoms with Crippen molar-refractivity contribution in [3.8, 4) is 0 Å². The lowest BCUT2D eigenvalue weighted by molar-refractivity contribution is 0.0154. The lowest BCUT2D eigenvalue weighted by atomic mass is 10.1. The van der Waals surface area contributed by atoms with Crippen LogP contribution in [0.1, 0.15) is 21.5 Å². The first kappa shape index (κ1) is 11.6. The number of carbonyl (C=O) groups is 1. The van der Waals surface area contributed by atoms with Crippen molar-refractivity contribution in [2.45, 2.75) is 12.8 Å². The van der Waals surface area contributed by atoms with Gasteiger partial charge in [-0.15, -0.1) is 10.2 Å². The maximum absolute atomic E-state index is 12.0. The van der Waals surface area contributed by atoms with E-state index in [0.717, 1.165) is 11.1 Å². The second-order valence-electron chi connectivity index (χ2n) is 4.43. The van der Waals surface area contributed by atoms with Gasteiger partial charge in [-0.25, -0.2) is 4.79 Å². The minimum absolute atomic E-state index is 0.422. The zero-order valence-electron chi connectivity index (χ0n) is 10.4. The Morgan fingerprint density at radius 2 is 1.63 bits per heavy atom. The van der Waals surface area contributed by atoms with E-state index in [0.29, 0.717) is 5.56 Å². The van der Waals surface area contributed by atoms with Gasteiger partial charge in [0.05, 0.1) is 5.56 Å². The van der Waals surface area contributed by atoms with Crippen molar-refractivity contribution >= 4 is 5.97 Å². The molecule has 4 nitrogen and oxygen atoms in total. The SMILES string of the molecule is Cc1ccc(C(=O)OC2(c3ccccc3)N=N2)cc1. The van der Waals surface area contributed by atoms with E-state index < -0.39 is 11.8 Å². The van der Waals surface area contributed by atoms with E-state index >= 15 is 0 Å². The second kappa shape index (κ2) is 4.31. The predicted molar refractivity (Wildman–Crippen MR) is 69.6 cm³/mol. The van der Waals surface area contributed by atoms with Crippen molar-refractivity contribution in [1.29, 1.82) is 0 Å². The summed E-state index contributed by atoms with van der Waals surface area (Å²) >= 11 is 0. The Labute approximate surface area is 110 Å². The molecule has 0 amide bonds. The van der Waals surface area contributed by atoms with Gasteiger partial charge in [0.1, 0.15) is 0 Å². The number of aryl methyl sites for hydroxylation is 1. The molecular formula is C15H12N2O2. The average Bonchev–Trinajstić information content (AvgIpc) is 3.21. The highest BCUT2D eigenvalue weighted by Gasteiger charge is 2.47. The van der Waals surface area contributed by atoms with Crippen molar-refractivity contribution in [2.24, 2.45) is 10.2 Å². The van der Waals surface area contributed by atoms with Crippen LogP contribution in [0.3, 0.4) is 0 Å². The van der Waals surface area contributed by atoms with Gasteiger partial charge >= 0.3 is 11.8 Å². The molecule has 0 saturated heterocycles. The topological polar surface area (TPSA) is 51.0 Å². The van der Waals surface area contributed by atoms with Gasteiger partial charge < -0.3 is 4.74 Å². The molecule has 0 unspecified atom stereocenters. The molecule has 0 N–H and O–H groups in total. The summed E-state index contributed by atoms with van der Waals surface area (Å²) in [7, 11) is 0. The van der Waals surface area contributed by atoms with Gasteiger partial charge in [-0.3, -0.25) is 0 Å². The Balaban J connectivity index is 1.79. The molecule has 19 heavy (non-hydrogen) atoms. The normalized spacial score (nSPS) is 15.0. The fourth-order valence-corrected chi connectivity index (χ4v) is 1.79. The second-order valence-corrected chi connectivity index (χ2v) is 4.43. The number of ether oxygens (including phenoxy) is 1. The molecule has 2 aromatic carbocycles. The zero-order valence-corrected chi connectivity index (χ0v) is 10.4. The van der Waals surface area contributed by atoms with E-state index in [1.807, 2.05) is 49.4 Å².